The van der Waals surface area contributed by atoms with Gasteiger partial charge in [0.25, 0.3) is 0 Å². The van der Waals surface area contributed by atoms with Gasteiger partial charge in [-0.25, -0.2) is 0 Å². The fraction of sp³-hybridized carbons (Fsp3) is 0.320. The molecule has 1 fully saturated rings. The van der Waals surface area contributed by atoms with Crippen LogP contribution in [0.3, 0.4) is 0 Å². The molecule has 1 aromatic heterocycles. The minimum absolute atomic E-state index is 0.0732. The van der Waals surface area contributed by atoms with Crippen molar-refractivity contribution >= 4 is 28.8 Å². The molecule has 1 unspecified atom stereocenters. The molecule has 2 heterocycles. The van der Waals surface area contributed by atoms with E-state index >= 15 is 0 Å². The highest BCUT2D eigenvalue weighted by atomic mass is 35.5. The van der Waals surface area contributed by atoms with Gasteiger partial charge in [-0.05, 0) is 83.1 Å². The fourth-order valence-electron chi connectivity index (χ4n) is 4.07. The first-order valence-corrected chi connectivity index (χ1v) is 11.9. The van der Waals surface area contributed by atoms with Gasteiger partial charge >= 0.3 is 0 Å². The summed E-state index contributed by atoms with van der Waals surface area (Å²) in [5.41, 5.74) is 5.04. The van der Waals surface area contributed by atoms with Crippen LogP contribution in [0.15, 0.2) is 65.4 Å². The summed E-state index contributed by atoms with van der Waals surface area (Å²) < 4.78 is 0. The Balaban J connectivity index is 1.28. The second-order valence-electron chi connectivity index (χ2n) is 7.95. The molecule has 4 rings (SSSR count). The van der Waals surface area contributed by atoms with Gasteiger partial charge in [-0.1, -0.05) is 41.9 Å². The molecule has 1 N–H and O–H groups in total. The summed E-state index contributed by atoms with van der Waals surface area (Å²) in [6.45, 7) is 3.44. The molecule has 1 atom stereocenters. The van der Waals surface area contributed by atoms with E-state index in [1.165, 1.54) is 22.3 Å². The topological polar surface area (TPSA) is 32.3 Å². The predicted molar refractivity (Wildman–Crippen MR) is 126 cm³/mol. The molecule has 156 valence electrons. The van der Waals surface area contributed by atoms with Crippen molar-refractivity contribution in [3.63, 3.8) is 0 Å². The summed E-state index contributed by atoms with van der Waals surface area (Å²) in [5, 5.41) is 8.17. The van der Waals surface area contributed by atoms with Gasteiger partial charge in [0, 0.05) is 24.7 Å². The van der Waals surface area contributed by atoms with Gasteiger partial charge in [-0.3, -0.25) is 9.69 Å². The molecule has 1 aliphatic rings. The summed E-state index contributed by atoms with van der Waals surface area (Å²) in [6, 6.07) is 18.7. The highest BCUT2D eigenvalue weighted by molar-refractivity contribution is 7.08. The number of thiophene rings is 1. The molecule has 5 heteroatoms. The Labute approximate surface area is 187 Å². The normalized spacial score (nSPS) is 17.0. The molecule has 0 saturated carbocycles. The summed E-state index contributed by atoms with van der Waals surface area (Å²) in [4.78, 5) is 15.1. The summed E-state index contributed by atoms with van der Waals surface area (Å²) in [6.07, 6.45) is 2.87. The molecule has 2 aromatic carbocycles. The summed E-state index contributed by atoms with van der Waals surface area (Å²) >= 11 is 7.65. The Kier molecular flexibility index (Phi) is 7.21. The lowest BCUT2D eigenvalue weighted by Crippen LogP contribution is -2.43. The number of carbonyl (C=O) groups is 1. The van der Waals surface area contributed by atoms with Crippen LogP contribution in [0.4, 0.5) is 0 Å². The predicted octanol–water partition coefficient (Wildman–Crippen LogP) is 5.64. The van der Waals surface area contributed by atoms with Crippen LogP contribution < -0.4 is 5.32 Å². The van der Waals surface area contributed by atoms with Gasteiger partial charge in [0.15, 0.2) is 0 Å². The Bertz CT molecular complexity index is 956. The van der Waals surface area contributed by atoms with E-state index < -0.39 is 0 Å². The largest absolute Gasteiger partial charge is 0.355 e. The van der Waals surface area contributed by atoms with Crippen LogP contribution >= 0.6 is 22.9 Å². The highest BCUT2D eigenvalue weighted by Crippen LogP contribution is 2.25. The van der Waals surface area contributed by atoms with E-state index in [0.29, 0.717) is 6.54 Å². The lowest BCUT2D eigenvalue weighted by Gasteiger charge is -2.32. The van der Waals surface area contributed by atoms with E-state index in [1.807, 2.05) is 24.3 Å². The van der Waals surface area contributed by atoms with Crippen molar-refractivity contribution in [3.8, 4) is 11.1 Å². The van der Waals surface area contributed by atoms with Crippen LogP contribution in [0.2, 0.25) is 5.02 Å². The first-order chi connectivity index (χ1) is 14.7. The van der Waals surface area contributed by atoms with E-state index in [4.69, 9.17) is 11.6 Å². The molecule has 1 saturated heterocycles. The number of hydrogen-bond acceptors (Lipinski definition) is 3. The van der Waals surface area contributed by atoms with Gasteiger partial charge < -0.3 is 5.32 Å². The third kappa shape index (κ3) is 5.72. The summed E-state index contributed by atoms with van der Waals surface area (Å²) in [5.74, 6) is 0.254. The maximum Gasteiger partial charge on any atom is 0.224 e. The zero-order valence-corrected chi connectivity index (χ0v) is 18.6. The highest BCUT2D eigenvalue weighted by Gasteiger charge is 2.25. The van der Waals surface area contributed by atoms with Gasteiger partial charge in [0.2, 0.25) is 5.91 Å². The third-order valence-electron chi connectivity index (χ3n) is 5.69. The van der Waals surface area contributed by atoms with Crippen molar-refractivity contribution in [1.82, 2.24) is 10.2 Å². The Morgan fingerprint density at radius 3 is 2.77 bits per heavy atom. The molecule has 0 radical (unpaired) electrons. The number of amides is 1. The van der Waals surface area contributed by atoms with Crippen molar-refractivity contribution in [2.45, 2.75) is 25.8 Å². The second kappa shape index (κ2) is 10.3. The minimum atomic E-state index is 0.0732. The number of nitrogens with one attached hydrogen (secondary N) is 1. The second-order valence-corrected chi connectivity index (χ2v) is 9.17. The van der Waals surface area contributed by atoms with E-state index in [2.05, 4.69) is 51.3 Å². The number of halogens is 1. The lowest BCUT2D eigenvalue weighted by molar-refractivity contribution is -0.126. The van der Waals surface area contributed by atoms with Gasteiger partial charge in [0.1, 0.15) is 0 Å². The zero-order valence-electron chi connectivity index (χ0n) is 17.0. The SMILES string of the molecule is O=C(NCCc1ccc(Cl)cc1)C1CCCN(Cc2cccc(-c3ccsc3)c2)C1. The van der Waals surface area contributed by atoms with Crippen LogP contribution in [0.25, 0.3) is 11.1 Å². The average Bonchev–Trinajstić information content (AvgIpc) is 3.31. The summed E-state index contributed by atoms with van der Waals surface area (Å²) in [7, 11) is 0. The molecule has 1 amide bonds. The number of likely N-dealkylation sites (tertiary alicyclic amines) is 1. The number of piperidine rings is 1. The molecule has 0 aliphatic carbocycles. The molecule has 0 spiro atoms. The van der Waals surface area contributed by atoms with Crippen molar-refractivity contribution in [2.24, 2.45) is 5.92 Å². The van der Waals surface area contributed by atoms with Crippen LogP contribution in [0, 0.1) is 5.92 Å². The quantitative estimate of drug-likeness (QED) is 0.517. The molecule has 0 bridgehead atoms. The van der Waals surface area contributed by atoms with Crippen LogP contribution in [0.5, 0.6) is 0 Å². The van der Waals surface area contributed by atoms with E-state index in [-0.39, 0.29) is 11.8 Å². The first kappa shape index (κ1) is 21.1. The Morgan fingerprint density at radius 1 is 1.10 bits per heavy atom. The zero-order chi connectivity index (χ0) is 20.8. The average molecular weight is 439 g/mol. The van der Waals surface area contributed by atoms with Gasteiger partial charge in [-0.2, -0.15) is 11.3 Å². The first-order valence-electron chi connectivity index (χ1n) is 10.5. The van der Waals surface area contributed by atoms with Crippen molar-refractivity contribution < 1.29 is 4.79 Å². The van der Waals surface area contributed by atoms with Crippen LogP contribution in [-0.2, 0) is 17.8 Å². The number of rotatable bonds is 7. The molecule has 3 aromatic rings. The smallest absolute Gasteiger partial charge is 0.224 e. The van der Waals surface area contributed by atoms with Gasteiger partial charge in [-0.15, -0.1) is 0 Å². The van der Waals surface area contributed by atoms with Crippen molar-refractivity contribution in [1.29, 1.82) is 0 Å². The fourth-order valence-corrected chi connectivity index (χ4v) is 4.87. The Hall–Kier alpha value is -2.14. The standard InChI is InChI=1S/C25H27ClN2OS/c26-24-8-6-19(7-9-24)10-12-27-25(29)22-5-2-13-28(17-22)16-20-3-1-4-21(15-20)23-11-14-30-18-23/h1,3-4,6-9,11,14-15,18,22H,2,5,10,12-13,16-17H2,(H,27,29). The number of benzene rings is 2. The third-order valence-corrected chi connectivity index (χ3v) is 6.63. The molecule has 1 aliphatic heterocycles. The number of carbonyl (C=O) groups excluding carboxylic acids is 1. The minimum Gasteiger partial charge on any atom is -0.355 e. The van der Waals surface area contributed by atoms with Crippen molar-refractivity contribution in [3.05, 3.63) is 81.5 Å². The maximum atomic E-state index is 12.7. The molecular formula is C25H27ClN2OS. The maximum absolute atomic E-state index is 12.7. The monoisotopic (exact) mass is 438 g/mol. The molecule has 30 heavy (non-hydrogen) atoms. The number of nitrogens with zero attached hydrogens (tertiary/aromatic N) is 1. The lowest BCUT2D eigenvalue weighted by atomic mass is 9.96. The van der Waals surface area contributed by atoms with Crippen LogP contribution in [-0.4, -0.2) is 30.4 Å². The molecular weight excluding hydrogens is 412 g/mol. The Morgan fingerprint density at radius 2 is 1.97 bits per heavy atom. The van der Waals surface area contributed by atoms with E-state index in [9.17, 15) is 4.79 Å². The number of hydrogen-bond donors (Lipinski definition) is 1. The van der Waals surface area contributed by atoms with Crippen LogP contribution in [0.1, 0.15) is 24.0 Å². The van der Waals surface area contributed by atoms with Crippen molar-refractivity contribution in [2.75, 3.05) is 19.6 Å². The van der Waals surface area contributed by atoms with E-state index in [0.717, 1.165) is 43.9 Å². The van der Waals surface area contributed by atoms with E-state index in [1.54, 1.807) is 11.3 Å². The molecule has 3 nitrogen and oxygen atoms in total. The van der Waals surface area contributed by atoms with Gasteiger partial charge in [0.05, 0.1) is 5.92 Å².